The van der Waals surface area contributed by atoms with Gasteiger partial charge in [-0.1, -0.05) is 19.3 Å². The van der Waals surface area contributed by atoms with Gasteiger partial charge in [0.15, 0.2) is 0 Å². The van der Waals surface area contributed by atoms with E-state index < -0.39 is 0 Å². The molecule has 18 heavy (non-hydrogen) atoms. The van der Waals surface area contributed by atoms with Crippen molar-refractivity contribution in [2.45, 2.75) is 51.2 Å². The molecule has 2 unspecified atom stereocenters. The highest BCUT2D eigenvalue weighted by Crippen LogP contribution is 2.21. The quantitative estimate of drug-likeness (QED) is 0.785. The Morgan fingerprint density at radius 1 is 1.33 bits per heavy atom. The molecule has 2 N–H and O–H groups in total. The van der Waals surface area contributed by atoms with Gasteiger partial charge in [0, 0.05) is 5.69 Å². The Balaban J connectivity index is 2.12. The number of aryl methyl sites for hydroxylation is 1. The Morgan fingerprint density at radius 3 is 2.89 bits per heavy atom. The van der Waals surface area contributed by atoms with Crippen molar-refractivity contribution in [3.63, 3.8) is 0 Å². The van der Waals surface area contributed by atoms with E-state index in [-0.39, 0.29) is 12.1 Å². The molecule has 1 saturated carbocycles. The smallest absolute Gasteiger partial charge is 0.127 e. The van der Waals surface area contributed by atoms with Gasteiger partial charge in [0.05, 0.1) is 23.8 Å². The molecule has 1 heterocycles. The summed E-state index contributed by atoms with van der Waals surface area (Å²) in [6, 6.07) is 5.68. The number of rotatable bonds is 2. The topological polar surface area (TPSA) is 68.9 Å². The fraction of sp³-hybridized carbons (Fsp3) is 0.571. The van der Waals surface area contributed by atoms with Gasteiger partial charge >= 0.3 is 0 Å². The third kappa shape index (κ3) is 3.21. The first-order valence-electron chi connectivity index (χ1n) is 6.52. The molecule has 0 radical (unpaired) electrons. The maximum absolute atomic E-state index is 10.1. The summed E-state index contributed by atoms with van der Waals surface area (Å²) in [5, 5.41) is 22.3. The van der Waals surface area contributed by atoms with Gasteiger partial charge in [0.1, 0.15) is 5.82 Å². The zero-order chi connectivity index (χ0) is 13.0. The van der Waals surface area contributed by atoms with Gasteiger partial charge in [0.25, 0.3) is 0 Å². The van der Waals surface area contributed by atoms with Crippen LogP contribution >= 0.6 is 0 Å². The average Bonchev–Trinajstić information content (AvgIpc) is 2.54. The van der Waals surface area contributed by atoms with Crippen molar-refractivity contribution >= 4 is 5.82 Å². The zero-order valence-corrected chi connectivity index (χ0v) is 10.7. The lowest BCUT2D eigenvalue weighted by molar-refractivity contribution is 0.144. The lowest BCUT2D eigenvalue weighted by atomic mass is 10.1. The summed E-state index contributed by atoms with van der Waals surface area (Å²) < 4.78 is 0. The number of anilines is 1. The van der Waals surface area contributed by atoms with Crippen molar-refractivity contribution < 1.29 is 5.11 Å². The van der Waals surface area contributed by atoms with E-state index >= 15 is 0 Å². The highest BCUT2D eigenvalue weighted by Gasteiger charge is 2.21. The van der Waals surface area contributed by atoms with Gasteiger partial charge < -0.3 is 10.4 Å². The van der Waals surface area contributed by atoms with E-state index in [1.54, 1.807) is 12.1 Å². The zero-order valence-electron chi connectivity index (χ0n) is 10.7. The van der Waals surface area contributed by atoms with Gasteiger partial charge in [-0.2, -0.15) is 5.26 Å². The highest BCUT2D eigenvalue weighted by molar-refractivity contribution is 5.45. The molecule has 0 aromatic carbocycles. The number of aromatic nitrogens is 1. The van der Waals surface area contributed by atoms with Crippen LogP contribution in [0.5, 0.6) is 0 Å². The Morgan fingerprint density at radius 2 is 2.11 bits per heavy atom. The Labute approximate surface area is 108 Å². The van der Waals surface area contributed by atoms with Crippen LogP contribution < -0.4 is 5.32 Å². The number of nitrogens with zero attached hydrogens (tertiary/aromatic N) is 2. The molecule has 0 aliphatic heterocycles. The second kappa shape index (κ2) is 5.83. The van der Waals surface area contributed by atoms with Crippen LogP contribution in [0.2, 0.25) is 0 Å². The van der Waals surface area contributed by atoms with E-state index in [0.29, 0.717) is 11.4 Å². The lowest BCUT2D eigenvalue weighted by Crippen LogP contribution is -2.32. The standard InChI is InChI=1S/C14H19N3O/c1-10-7-11(9-15)8-14(16-10)17-12-5-3-2-4-6-13(12)18/h7-8,12-13,18H,2-6H2,1H3,(H,16,17). The molecule has 1 aliphatic carbocycles. The van der Waals surface area contributed by atoms with Crippen LogP contribution in [0.1, 0.15) is 43.4 Å². The summed E-state index contributed by atoms with van der Waals surface area (Å²) in [6.45, 7) is 1.87. The summed E-state index contributed by atoms with van der Waals surface area (Å²) in [5.41, 5.74) is 1.42. The van der Waals surface area contributed by atoms with E-state index in [1.807, 2.05) is 6.92 Å². The molecule has 1 aromatic rings. The van der Waals surface area contributed by atoms with E-state index in [2.05, 4.69) is 16.4 Å². The van der Waals surface area contributed by atoms with Gasteiger partial charge in [-0.05, 0) is 31.9 Å². The van der Waals surface area contributed by atoms with E-state index in [4.69, 9.17) is 5.26 Å². The molecule has 1 aromatic heterocycles. The van der Waals surface area contributed by atoms with Crippen LogP contribution in [0.25, 0.3) is 0 Å². The minimum absolute atomic E-state index is 0.0494. The van der Waals surface area contributed by atoms with E-state index in [0.717, 1.165) is 31.4 Å². The predicted molar refractivity (Wildman–Crippen MR) is 70.2 cm³/mol. The highest BCUT2D eigenvalue weighted by atomic mass is 16.3. The first-order chi connectivity index (χ1) is 8.69. The predicted octanol–water partition coefficient (Wildman–Crippen LogP) is 2.37. The summed E-state index contributed by atoms with van der Waals surface area (Å²) in [7, 11) is 0. The largest absolute Gasteiger partial charge is 0.391 e. The number of nitriles is 1. The van der Waals surface area contributed by atoms with Crippen molar-refractivity contribution in [3.05, 3.63) is 23.4 Å². The number of aliphatic hydroxyl groups excluding tert-OH is 1. The maximum atomic E-state index is 10.1. The number of nitrogens with one attached hydrogen (secondary N) is 1. The van der Waals surface area contributed by atoms with E-state index in [1.165, 1.54) is 6.42 Å². The molecular weight excluding hydrogens is 226 g/mol. The molecule has 4 heteroatoms. The number of pyridine rings is 1. The SMILES string of the molecule is Cc1cc(C#N)cc(NC2CCCCCC2O)n1. The average molecular weight is 245 g/mol. The number of aliphatic hydroxyl groups is 1. The van der Waals surface area contributed by atoms with Crippen LogP contribution in [0, 0.1) is 18.3 Å². The summed E-state index contributed by atoms with van der Waals surface area (Å²) in [5.74, 6) is 0.692. The minimum atomic E-state index is -0.319. The fourth-order valence-corrected chi connectivity index (χ4v) is 2.45. The van der Waals surface area contributed by atoms with E-state index in [9.17, 15) is 5.11 Å². The second-order valence-corrected chi connectivity index (χ2v) is 4.95. The van der Waals surface area contributed by atoms with Crippen molar-refractivity contribution in [3.8, 4) is 6.07 Å². The van der Waals surface area contributed by atoms with Gasteiger partial charge in [-0.15, -0.1) is 0 Å². The lowest BCUT2D eigenvalue weighted by Gasteiger charge is -2.22. The monoisotopic (exact) mass is 245 g/mol. The van der Waals surface area contributed by atoms with Crippen LogP contribution in [-0.2, 0) is 0 Å². The van der Waals surface area contributed by atoms with Crippen LogP contribution in [0.15, 0.2) is 12.1 Å². The van der Waals surface area contributed by atoms with Crippen molar-refractivity contribution in [2.24, 2.45) is 0 Å². The van der Waals surface area contributed by atoms with Crippen LogP contribution in [0.4, 0.5) is 5.82 Å². The Bertz CT molecular complexity index is 453. The van der Waals surface area contributed by atoms with Gasteiger partial charge in [0.2, 0.25) is 0 Å². The fourth-order valence-electron chi connectivity index (χ4n) is 2.45. The van der Waals surface area contributed by atoms with Gasteiger partial charge in [-0.3, -0.25) is 0 Å². The Kier molecular flexibility index (Phi) is 4.16. The molecule has 1 aliphatic rings. The third-order valence-corrected chi connectivity index (χ3v) is 3.40. The molecule has 1 fully saturated rings. The molecule has 0 saturated heterocycles. The summed E-state index contributed by atoms with van der Waals surface area (Å²) in [6.07, 6.45) is 4.88. The number of hydrogen-bond acceptors (Lipinski definition) is 4. The molecule has 0 spiro atoms. The van der Waals surface area contributed by atoms with Crippen molar-refractivity contribution in [1.82, 2.24) is 4.98 Å². The maximum Gasteiger partial charge on any atom is 0.127 e. The first kappa shape index (κ1) is 12.8. The van der Waals surface area contributed by atoms with Crippen molar-refractivity contribution in [2.75, 3.05) is 5.32 Å². The third-order valence-electron chi connectivity index (χ3n) is 3.40. The molecule has 0 bridgehead atoms. The molecule has 96 valence electrons. The van der Waals surface area contributed by atoms with Gasteiger partial charge in [-0.25, -0.2) is 4.98 Å². The Hall–Kier alpha value is -1.60. The van der Waals surface area contributed by atoms with Crippen molar-refractivity contribution in [1.29, 1.82) is 5.26 Å². The van der Waals surface area contributed by atoms with Crippen LogP contribution in [0.3, 0.4) is 0 Å². The normalized spacial score (nSPS) is 24.1. The summed E-state index contributed by atoms with van der Waals surface area (Å²) >= 11 is 0. The molecule has 4 nitrogen and oxygen atoms in total. The second-order valence-electron chi connectivity index (χ2n) is 4.95. The number of hydrogen-bond donors (Lipinski definition) is 2. The molecule has 0 amide bonds. The van der Waals surface area contributed by atoms with Crippen LogP contribution in [-0.4, -0.2) is 22.2 Å². The molecule has 2 atom stereocenters. The minimum Gasteiger partial charge on any atom is -0.391 e. The summed E-state index contributed by atoms with van der Waals surface area (Å²) in [4.78, 5) is 4.37. The first-order valence-corrected chi connectivity index (χ1v) is 6.52. The molecule has 2 rings (SSSR count). The molecular formula is C14H19N3O.